The molecule has 1 aliphatic rings. The van der Waals surface area contributed by atoms with Crippen molar-refractivity contribution >= 4 is 22.5 Å². The van der Waals surface area contributed by atoms with Crippen molar-refractivity contribution in [1.82, 2.24) is 15.2 Å². The number of benzene rings is 1. The Morgan fingerprint density at radius 3 is 2.81 bits per heavy atom. The van der Waals surface area contributed by atoms with Crippen LogP contribution >= 0.6 is 0 Å². The second-order valence-corrected chi connectivity index (χ2v) is 7.51. The van der Waals surface area contributed by atoms with Gasteiger partial charge in [-0.2, -0.15) is 5.10 Å². The van der Waals surface area contributed by atoms with Gasteiger partial charge in [-0.3, -0.25) is 10.00 Å². The topological polar surface area (TPSA) is 80.1 Å². The molecular weight excluding hydrogens is 338 g/mol. The Kier molecular flexibility index (Phi) is 4.00. The molecular formula is C21H21N5O. The molecule has 0 atom stereocenters. The highest BCUT2D eigenvalue weighted by Gasteiger charge is 2.14. The minimum Gasteiger partial charge on any atom is -0.479 e. The third-order valence-corrected chi connectivity index (χ3v) is 4.20. The molecule has 3 heterocycles. The van der Waals surface area contributed by atoms with E-state index >= 15 is 0 Å². The molecule has 3 N–H and O–H groups in total. The lowest BCUT2D eigenvalue weighted by Gasteiger charge is -2.14. The first kappa shape index (κ1) is 17.0. The minimum atomic E-state index is -0.0974. The summed E-state index contributed by atoms with van der Waals surface area (Å²) in [6.45, 7) is 6.72. The van der Waals surface area contributed by atoms with E-state index in [-0.39, 0.29) is 5.41 Å². The fourth-order valence-corrected chi connectivity index (χ4v) is 2.84. The second-order valence-electron chi connectivity index (χ2n) is 7.51. The summed E-state index contributed by atoms with van der Waals surface area (Å²) >= 11 is 0. The van der Waals surface area contributed by atoms with Gasteiger partial charge in [-0.05, 0) is 56.2 Å². The van der Waals surface area contributed by atoms with Gasteiger partial charge < -0.3 is 10.5 Å². The number of hydrogen-bond donors (Lipinski definition) is 2. The number of ether oxygens (including phenoxy) is 1. The van der Waals surface area contributed by atoms with Gasteiger partial charge in [-0.25, -0.2) is 4.98 Å². The first-order valence-corrected chi connectivity index (χ1v) is 8.73. The number of aromatic amines is 1. The van der Waals surface area contributed by atoms with Crippen LogP contribution in [0.2, 0.25) is 0 Å². The molecule has 0 unspecified atom stereocenters. The molecule has 0 saturated heterocycles. The van der Waals surface area contributed by atoms with Gasteiger partial charge in [-0.15, -0.1) is 0 Å². The first-order valence-electron chi connectivity index (χ1n) is 8.73. The van der Waals surface area contributed by atoms with Gasteiger partial charge in [0.05, 0.1) is 11.1 Å². The Balaban J connectivity index is 1.84. The van der Waals surface area contributed by atoms with Crippen LogP contribution in [-0.4, -0.2) is 21.9 Å². The zero-order valence-corrected chi connectivity index (χ0v) is 15.6. The van der Waals surface area contributed by atoms with E-state index in [9.17, 15) is 0 Å². The van der Waals surface area contributed by atoms with E-state index in [1.54, 1.807) is 12.5 Å². The van der Waals surface area contributed by atoms with Crippen LogP contribution in [0.4, 0.5) is 11.6 Å². The molecule has 0 radical (unpaired) electrons. The predicted octanol–water partition coefficient (Wildman–Crippen LogP) is 3.87. The SMILES string of the molecule is CC(C)(C)C#Cc1cc(-c2ccnc(N3C=COC3)c2)cc2c(N)n[nH]c12. The molecule has 27 heavy (non-hydrogen) atoms. The quantitative estimate of drug-likeness (QED) is 0.679. The highest BCUT2D eigenvalue weighted by molar-refractivity contribution is 5.96. The van der Waals surface area contributed by atoms with E-state index in [2.05, 4.69) is 53.9 Å². The molecule has 2 aromatic heterocycles. The number of rotatable bonds is 2. The van der Waals surface area contributed by atoms with E-state index < -0.39 is 0 Å². The lowest BCUT2D eigenvalue weighted by atomic mass is 9.96. The maximum Gasteiger partial charge on any atom is 0.165 e. The van der Waals surface area contributed by atoms with Crippen molar-refractivity contribution in [3.8, 4) is 23.0 Å². The number of fused-ring (bicyclic) bond motifs is 1. The average Bonchev–Trinajstić information content (AvgIpc) is 3.30. The number of nitrogens with two attached hydrogens (primary N) is 1. The van der Waals surface area contributed by atoms with Crippen LogP contribution in [0.3, 0.4) is 0 Å². The van der Waals surface area contributed by atoms with Crippen LogP contribution in [-0.2, 0) is 4.74 Å². The van der Waals surface area contributed by atoms with Crippen molar-refractivity contribution in [2.45, 2.75) is 20.8 Å². The number of nitrogens with zero attached hydrogens (tertiary/aromatic N) is 3. The third kappa shape index (κ3) is 3.44. The van der Waals surface area contributed by atoms with Crippen LogP contribution < -0.4 is 10.6 Å². The van der Waals surface area contributed by atoms with Crippen LogP contribution in [0, 0.1) is 17.3 Å². The number of anilines is 2. The van der Waals surface area contributed by atoms with Crippen molar-refractivity contribution in [2.75, 3.05) is 17.4 Å². The summed E-state index contributed by atoms with van der Waals surface area (Å²) in [4.78, 5) is 6.37. The molecule has 0 fully saturated rings. The fraction of sp³-hybridized carbons (Fsp3) is 0.238. The normalized spacial score (nSPS) is 13.5. The number of aromatic nitrogens is 3. The minimum absolute atomic E-state index is 0.0974. The Bertz CT molecular complexity index is 1100. The van der Waals surface area contributed by atoms with Crippen molar-refractivity contribution in [3.05, 3.63) is 48.5 Å². The van der Waals surface area contributed by atoms with Gasteiger partial charge in [0.2, 0.25) is 0 Å². The van der Waals surface area contributed by atoms with E-state index in [1.165, 1.54) is 0 Å². The number of nitrogens with one attached hydrogen (secondary N) is 1. The number of pyridine rings is 1. The summed E-state index contributed by atoms with van der Waals surface area (Å²) in [7, 11) is 0. The van der Waals surface area contributed by atoms with Gasteiger partial charge >= 0.3 is 0 Å². The molecule has 0 bridgehead atoms. The maximum absolute atomic E-state index is 6.07. The molecule has 0 aliphatic carbocycles. The summed E-state index contributed by atoms with van der Waals surface area (Å²) in [6, 6.07) is 8.10. The highest BCUT2D eigenvalue weighted by Crippen LogP contribution is 2.31. The standard InChI is InChI=1S/C21H21N5O/c1-21(2,3)6-4-15-10-16(11-17-19(15)24-25-20(17)22)14-5-7-23-18(12-14)26-8-9-27-13-26/h5,7-12H,13H2,1-3H3,(H3,22,24,25). The van der Waals surface area contributed by atoms with Gasteiger partial charge in [0.25, 0.3) is 0 Å². The Morgan fingerprint density at radius 2 is 2.07 bits per heavy atom. The molecule has 4 rings (SSSR count). The predicted molar refractivity (Wildman–Crippen MR) is 108 cm³/mol. The first-order chi connectivity index (χ1) is 12.9. The summed E-state index contributed by atoms with van der Waals surface area (Å²) in [5.74, 6) is 7.87. The van der Waals surface area contributed by atoms with Gasteiger partial charge in [0.1, 0.15) is 12.1 Å². The average molecular weight is 359 g/mol. The van der Waals surface area contributed by atoms with Crippen molar-refractivity contribution in [1.29, 1.82) is 0 Å². The maximum atomic E-state index is 6.07. The smallest absolute Gasteiger partial charge is 0.165 e. The largest absolute Gasteiger partial charge is 0.479 e. The summed E-state index contributed by atoms with van der Waals surface area (Å²) in [6.07, 6.45) is 5.32. The van der Waals surface area contributed by atoms with Crippen LogP contribution in [0.1, 0.15) is 26.3 Å². The van der Waals surface area contributed by atoms with Crippen LogP contribution in [0.5, 0.6) is 0 Å². The Morgan fingerprint density at radius 1 is 1.22 bits per heavy atom. The van der Waals surface area contributed by atoms with Gasteiger partial charge in [-0.1, -0.05) is 11.8 Å². The summed E-state index contributed by atoms with van der Waals surface area (Å²) in [5, 5.41) is 8.03. The van der Waals surface area contributed by atoms with E-state index in [1.807, 2.05) is 29.3 Å². The van der Waals surface area contributed by atoms with E-state index in [0.717, 1.165) is 33.4 Å². The fourth-order valence-electron chi connectivity index (χ4n) is 2.84. The molecule has 0 amide bonds. The van der Waals surface area contributed by atoms with Crippen molar-refractivity contribution < 1.29 is 4.74 Å². The molecule has 1 aliphatic heterocycles. The van der Waals surface area contributed by atoms with Crippen LogP contribution in [0.15, 0.2) is 42.9 Å². The van der Waals surface area contributed by atoms with Gasteiger partial charge in [0.15, 0.2) is 12.5 Å². The monoisotopic (exact) mass is 359 g/mol. The van der Waals surface area contributed by atoms with E-state index in [0.29, 0.717) is 12.5 Å². The highest BCUT2D eigenvalue weighted by atomic mass is 16.5. The number of H-pyrrole nitrogens is 1. The Labute approximate surface area is 158 Å². The van der Waals surface area contributed by atoms with E-state index in [4.69, 9.17) is 10.5 Å². The van der Waals surface area contributed by atoms with Crippen molar-refractivity contribution in [2.24, 2.45) is 5.41 Å². The molecule has 3 aromatic rings. The summed E-state index contributed by atoms with van der Waals surface area (Å²) in [5.41, 5.74) is 9.75. The van der Waals surface area contributed by atoms with Gasteiger partial charge in [0, 0.05) is 23.2 Å². The zero-order valence-electron chi connectivity index (χ0n) is 15.6. The molecule has 136 valence electrons. The molecule has 6 nitrogen and oxygen atoms in total. The molecule has 0 saturated carbocycles. The number of nitrogen functional groups attached to an aromatic ring is 1. The second kappa shape index (κ2) is 6.36. The number of hydrogen-bond acceptors (Lipinski definition) is 5. The lowest BCUT2D eigenvalue weighted by Crippen LogP contribution is -2.14. The molecule has 0 spiro atoms. The van der Waals surface area contributed by atoms with Crippen molar-refractivity contribution in [3.63, 3.8) is 0 Å². The Hall–Kier alpha value is -3.46. The molecule has 1 aromatic carbocycles. The molecule has 6 heteroatoms. The lowest BCUT2D eigenvalue weighted by molar-refractivity contribution is 0.281. The van der Waals surface area contributed by atoms with Crippen LogP contribution in [0.25, 0.3) is 22.0 Å². The third-order valence-electron chi connectivity index (χ3n) is 4.20. The zero-order chi connectivity index (χ0) is 19.0. The summed E-state index contributed by atoms with van der Waals surface area (Å²) < 4.78 is 5.26.